The van der Waals surface area contributed by atoms with Gasteiger partial charge in [0.2, 0.25) is 0 Å². The molecule has 0 spiro atoms. The number of esters is 2. The van der Waals surface area contributed by atoms with Crippen molar-refractivity contribution in [2.75, 3.05) is 7.11 Å². The van der Waals surface area contributed by atoms with Crippen molar-refractivity contribution in [2.24, 2.45) is 0 Å². The molecule has 0 amide bonds. The van der Waals surface area contributed by atoms with E-state index in [1.807, 2.05) is 0 Å². The van der Waals surface area contributed by atoms with Crippen LogP contribution in [0.2, 0.25) is 0 Å². The monoisotopic (exact) mass is 494 g/mol. The Labute approximate surface area is 212 Å². The molecule has 0 radical (unpaired) electrons. The summed E-state index contributed by atoms with van der Waals surface area (Å²) < 4.78 is 45.1. The number of carbonyl (C=O) groups is 2. The zero-order chi connectivity index (χ0) is 27.1. The summed E-state index contributed by atoms with van der Waals surface area (Å²) >= 11 is 0. The molecule has 0 aromatic heterocycles. The van der Waals surface area contributed by atoms with Gasteiger partial charge in [0.1, 0.15) is 12.2 Å². The third-order valence-electron chi connectivity index (χ3n) is 5.52. The lowest BCUT2D eigenvalue weighted by atomic mass is 9.97. The average Bonchev–Trinajstić information content (AvgIpc) is 2.96. The number of rotatable bonds is 9. The van der Waals surface area contributed by atoms with Gasteiger partial charge in [0.15, 0.2) is 18.5 Å². The zero-order valence-corrected chi connectivity index (χ0v) is 19.5. The highest BCUT2D eigenvalue weighted by atomic mass is 16.7. The van der Waals surface area contributed by atoms with Crippen LogP contribution in [0.15, 0.2) is 91.0 Å². The summed E-state index contributed by atoms with van der Waals surface area (Å²) in [6.07, 6.45) is -7.65. The van der Waals surface area contributed by atoms with Gasteiger partial charge >= 0.3 is 11.9 Å². The quantitative estimate of drug-likeness (QED) is 0.453. The summed E-state index contributed by atoms with van der Waals surface area (Å²) in [5.74, 6) is -1.68. The Morgan fingerprint density at radius 3 is 1.83 bits per heavy atom. The van der Waals surface area contributed by atoms with Gasteiger partial charge in [0.25, 0.3) is 0 Å². The summed E-state index contributed by atoms with van der Waals surface area (Å²) in [6, 6.07) is 25.3. The molecule has 0 bridgehead atoms. The standard InChI is InChI=1S/C28H28O8/c1-32-27(30)24-22(33-17-19-11-5-2-6-12-19)23(34-18-20-13-7-3-8-14-20)25(28(31)36-24)35-26(29)21-15-9-4-10-16-21/h2-16,22-25,28,31H,17-18H2,1H3/t22-,23-,24-,25+,28?/m0/s1/i17D,18D/t17?,18?,22-,23-,24-,25+,28?. The maximum Gasteiger partial charge on any atom is 0.338 e. The lowest BCUT2D eigenvalue weighted by Gasteiger charge is -2.42. The first-order valence-electron chi connectivity index (χ1n) is 12.5. The number of hydrogen-bond donors (Lipinski definition) is 1. The largest absolute Gasteiger partial charge is 0.467 e. The SMILES string of the molecule is [2H]C(O[C@H]1[C@H](OC([2H])c2ccccc2)[C@@H](OC(=O)c2ccccc2)C(O)O[C@@H]1C(=O)OC)c1ccccc1. The molecule has 0 saturated carbocycles. The Morgan fingerprint density at radius 2 is 1.31 bits per heavy atom. The number of carbonyl (C=O) groups excluding carboxylic acids is 2. The van der Waals surface area contributed by atoms with E-state index in [-0.39, 0.29) is 5.56 Å². The Kier molecular flexibility index (Phi) is 7.89. The van der Waals surface area contributed by atoms with Gasteiger partial charge in [-0.05, 0) is 23.3 Å². The second-order valence-electron chi connectivity index (χ2n) is 7.96. The number of aliphatic hydroxyl groups is 1. The predicted molar refractivity (Wildman–Crippen MR) is 129 cm³/mol. The molecule has 1 saturated heterocycles. The van der Waals surface area contributed by atoms with Gasteiger partial charge in [0, 0.05) is 0 Å². The number of hydrogen-bond acceptors (Lipinski definition) is 8. The maximum absolute atomic E-state index is 12.9. The van der Waals surface area contributed by atoms with Gasteiger partial charge in [-0.3, -0.25) is 0 Å². The zero-order valence-electron chi connectivity index (χ0n) is 21.5. The van der Waals surface area contributed by atoms with Crippen molar-refractivity contribution in [2.45, 2.75) is 43.9 Å². The third kappa shape index (κ3) is 6.35. The first-order valence-corrected chi connectivity index (χ1v) is 11.3. The van der Waals surface area contributed by atoms with Crippen LogP contribution in [0.4, 0.5) is 0 Å². The van der Waals surface area contributed by atoms with Crippen LogP contribution in [0.3, 0.4) is 0 Å². The molecule has 0 aliphatic carbocycles. The van der Waals surface area contributed by atoms with Crippen molar-refractivity contribution in [3.63, 3.8) is 0 Å². The van der Waals surface area contributed by atoms with Crippen LogP contribution in [-0.2, 0) is 41.6 Å². The predicted octanol–water partition coefficient (Wildman–Crippen LogP) is 3.27. The highest BCUT2D eigenvalue weighted by Gasteiger charge is 2.52. The molecule has 3 aromatic carbocycles. The van der Waals surface area contributed by atoms with E-state index >= 15 is 0 Å². The average molecular weight is 495 g/mol. The Morgan fingerprint density at radius 1 is 0.806 bits per heavy atom. The second-order valence-corrected chi connectivity index (χ2v) is 7.96. The molecular formula is C28H28O8. The molecule has 7 atom stereocenters. The Bertz CT molecular complexity index is 1180. The molecule has 1 aliphatic rings. The van der Waals surface area contributed by atoms with E-state index in [9.17, 15) is 14.7 Å². The van der Waals surface area contributed by atoms with Crippen LogP contribution in [0.25, 0.3) is 0 Å². The number of benzene rings is 3. The van der Waals surface area contributed by atoms with E-state index in [1.165, 1.54) is 12.1 Å². The van der Waals surface area contributed by atoms with E-state index in [0.29, 0.717) is 11.1 Å². The van der Waals surface area contributed by atoms with E-state index in [4.69, 9.17) is 26.4 Å². The first kappa shape index (κ1) is 22.9. The normalized spacial score (nSPS) is 26.1. The fourth-order valence-corrected chi connectivity index (χ4v) is 3.70. The molecule has 1 fully saturated rings. The number of ether oxygens (including phenoxy) is 5. The lowest BCUT2D eigenvalue weighted by Crippen LogP contribution is -2.62. The lowest BCUT2D eigenvalue weighted by molar-refractivity contribution is -0.297. The van der Waals surface area contributed by atoms with E-state index in [1.54, 1.807) is 78.9 Å². The van der Waals surface area contributed by atoms with Crippen LogP contribution in [0.1, 0.15) is 24.2 Å². The molecule has 188 valence electrons. The molecule has 1 heterocycles. The molecule has 1 aliphatic heterocycles. The molecule has 3 unspecified atom stereocenters. The summed E-state index contributed by atoms with van der Waals surface area (Å²) in [7, 11) is 1.14. The van der Waals surface area contributed by atoms with Gasteiger partial charge in [-0.25, -0.2) is 9.59 Å². The second kappa shape index (κ2) is 12.4. The molecular weight excluding hydrogens is 464 g/mol. The van der Waals surface area contributed by atoms with Crippen molar-refractivity contribution < 1.29 is 41.1 Å². The van der Waals surface area contributed by atoms with Gasteiger partial charge in [-0.2, -0.15) is 0 Å². The van der Waals surface area contributed by atoms with Crippen LogP contribution < -0.4 is 0 Å². The summed E-state index contributed by atoms with van der Waals surface area (Å²) in [4.78, 5) is 25.6. The Hall–Kier alpha value is -3.56. The first-order chi connectivity index (χ1) is 18.4. The summed E-state index contributed by atoms with van der Waals surface area (Å²) in [6.45, 7) is -2.61. The fraction of sp³-hybridized carbons (Fsp3) is 0.286. The van der Waals surface area contributed by atoms with Gasteiger partial charge in [-0.1, -0.05) is 78.9 Å². The van der Waals surface area contributed by atoms with E-state index in [0.717, 1.165) is 7.11 Å². The van der Waals surface area contributed by atoms with Crippen LogP contribution in [0, 0.1) is 0 Å². The maximum atomic E-state index is 12.9. The minimum atomic E-state index is -1.82. The summed E-state index contributed by atoms with van der Waals surface area (Å²) in [5, 5.41) is 10.9. The van der Waals surface area contributed by atoms with Crippen LogP contribution >= 0.6 is 0 Å². The minimum absolute atomic E-state index is 0.208. The molecule has 36 heavy (non-hydrogen) atoms. The van der Waals surface area contributed by atoms with E-state index < -0.39 is 55.8 Å². The highest BCUT2D eigenvalue weighted by molar-refractivity contribution is 5.89. The van der Waals surface area contributed by atoms with Gasteiger partial charge in [-0.15, -0.1) is 0 Å². The molecule has 4 rings (SSSR count). The van der Waals surface area contributed by atoms with E-state index in [2.05, 4.69) is 0 Å². The topological polar surface area (TPSA) is 101 Å². The number of methoxy groups -OCH3 is 1. The molecule has 8 nitrogen and oxygen atoms in total. The number of aliphatic hydroxyl groups excluding tert-OH is 1. The highest BCUT2D eigenvalue weighted by Crippen LogP contribution is 2.30. The van der Waals surface area contributed by atoms with Crippen molar-refractivity contribution in [3.05, 3.63) is 108 Å². The molecule has 1 N–H and O–H groups in total. The minimum Gasteiger partial charge on any atom is -0.467 e. The van der Waals surface area contributed by atoms with Crippen molar-refractivity contribution in [1.82, 2.24) is 0 Å². The van der Waals surface area contributed by atoms with Gasteiger partial charge in [0.05, 0.1) is 28.6 Å². The third-order valence-corrected chi connectivity index (χ3v) is 5.52. The fourth-order valence-electron chi connectivity index (χ4n) is 3.70. The summed E-state index contributed by atoms with van der Waals surface area (Å²) in [5.41, 5.74) is 1.16. The smallest absolute Gasteiger partial charge is 0.338 e. The Balaban J connectivity index is 1.70. The van der Waals surface area contributed by atoms with Gasteiger partial charge < -0.3 is 28.8 Å². The van der Waals surface area contributed by atoms with Crippen LogP contribution in [-0.4, -0.2) is 54.9 Å². The van der Waals surface area contributed by atoms with Crippen LogP contribution in [0.5, 0.6) is 0 Å². The van der Waals surface area contributed by atoms with Crippen molar-refractivity contribution >= 4 is 11.9 Å². The molecule has 8 heteroatoms. The van der Waals surface area contributed by atoms with Crippen molar-refractivity contribution in [3.8, 4) is 0 Å². The molecule has 3 aromatic rings. The van der Waals surface area contributed by atoms with Crippen molar-refractivity contribution in [1.29, 1.82) is 0 Å².